The Kier molecular flexibility index (Phi) is 8.48. The van der Waals surface area contributed by atoms with Crippen LogP contribution in [0.15, 0.2) is 98.7 Å². The fourth-order valence-electron chi connectivity index (χ4n) is 4.44. The lowest BCUT2D eigenvalue weighted by molar-refractivity contribution is -0.160. The van der Waals surface area contributed by atoms with Gasteiger partial charge in [0.1, 0.15) is 23.9 Å². The van der Waals surface area contributed by atoms with Crippen molar-refractivity contribution in [2.24, 2.45) is 0 Å². The van der Waals surface area contributed by atoms with Crippen LogP contribution < -0.4 is 0 Å². The van der Waals surface area contributed by atoms with Gasteiger partial charge in [0.05, 0.1) is 8.19 Å². The zero-order valence-corrected chi connectivity index (χ0v) is 23.4. The second-order valence-electron chi connectivity index (χ2n) is 8.68. The van der Waals surface area contributed by atoms with E-state index in [1.54, 1.807) is 0 Å². The lowest BCUT2D eigenvalue weighted by Crippen LogP contribution is -2.42. The maximum atomic E-state index is 11.3. The molecule has 1 aliphatic rings. The van der Waals surface area contributed by atoms with Gasteiger partial charge >= 0.3 is 0 Å². The van der Waals surface area contributed by atoms with Crippen molar-refractivity contribution in [3.63, 3.8) is 0 Å². The van der Waals surface area contributed by atoms with E-state index in [2.05, 4.69) is 81.6 Å². The summed E-state index contributed by atoms with van der Waals surface area (Å²) >= 11 is 4.47. The molecule has 0 aliphatic carbocycles. The Morgan fingerprint density at radius 1 is 0.882 bits per heavy atom. The molecule has 0 aromatic heterocycles. The predicted molar refractivity (Wildman–Crippen MR) is 151 cm³/mol. The Balaban J connectivity index is 1.73. The van der Waals surface area contributed by atoms with Crippen molar-refractivity contribution in [3.8, 4) is 0 Å². The molecule has 0 bridgehead atoms. The maximum absolute atomic E-state index is 11.3. The molecular weight excluding hydrogens is 654 g/mol. The molecule has 1 saturated heterocycles. The van der Waals surface area contributed by atoms with Crippen LogP contribution in [0.25, 0.3) is 0 Å². The number of aliphatic hydroxyl groups excluding tert-OH is 1. The van der Waals surface area contributed by atoms with Crippen molar-refractivity contribution < 1.29 is 19.3 Å². The molecule has 34 heavy (non-hydrogen) atoms. The van der Waals surface area contributed by atoms with Crippen molar-refractivity contribution in [1.82, 2.24) is 0 Å². The largest absolute Gasteiger partial charge is 0.388 e. The average molecular weight is 682 g/mol. The molecule has 1 heterocycles. The first kappa shape index (κ1) is 25.8. The van der Waals surface area contributed by atoms with E-state index in [0.717, 1.165) is 18.3 Å². The third-order valence-corrected chi connectivity index (χ3v) is 6.56. The average Bonchev–Trinajstić information content (AvgIpc) is 3.14. The number of halogens is 2. The minimum Gasteiger partial charge on any atom is -0.388 e. The Bertz CT molecular complexity index is 986. The molecule has 4 nitrogen and oxygen atoms in total. The van der Waals surface area contributed by atoms with E-state index >= 15 is 0 Å². The van der Waals surface area contributed by atoms with E-state index in [4.69, 9.17) is 14.2 Å². The second kappa shape index (κ2) is 11.2. The van der Waals surface area contributed by atoms with Gasteiger partial charge in [-0.05, 0) is 81.8 Å². The molecule has 178 valence electrons. The van der Waals surface area contributed by atoms with Gasteiger partial charge in [0, 0.05) is 0 Å². The van der Waals surface area contributed by atoms with E-state index in [1.165, 1.54) is 0 Å². The summed E-state index contributed by atoms with van der Waals surface area (Å²) in [7, 11) is 0. The fraction of sp³-hybridized carbons (Fsp3) is 0.286. The number of hydrogen-bond donors (Lipinski definition) is 1. The van der Waals surface area contributed by atoms with Crippen LogP contribution in [0.5, 0.6) is 0 Å². The summed E-state index contributed by atoms with van der Waals surface area (Å²) in [5, 5.41) is 11.3. The van der Waals surface area contributed by atoms with Crippen LogP contribution in [0, 0.1) is 0 Å². The number of aliphatic hydroxyl groups is 1. The lowest BCUT2D eigenvalue weighted by atomic mass is 9.80. The molecule has 3 atom stereocenters. The molecule has 6 heteroatoms. The molecular formula is C28H28I2O4. The normalized spacial score (nSPS) is 20.6. The molecule has 1 fully saturated rings. The van der Waals surface area contributed by atoms with Gasteiger partial charge in [-0.3, -0.25) is 0 Å². The van der Waals surface area contributed by atoms with Gasteiger partial charge in [-0.15, -0.1) is 0 Å². The van der Waals surface area contributed by atoms with Crippen molar-refractivity contribution >= 4 is 45.2 Å². The Morgan fingerprint density at radius 2 is 1.32 bits per heavy atom. The molecule has 1 unspecified atom stereocenters. The quantitative estimate of drug-likeness (QED) is 0.216. The topological polar surface area (TPSA) is 47.9 Å². The summed E-state index contributed by atoms with van der Waals surface area (Å²) in [4.78, 5) is 0. The first-order valence-electron chi connectivity index (χ1n) is 11.2. The first-order chi connectivity index (χ1) is 16.3. The number of rotatable bonds is 8. The fourth-order valence-corrected chi connectivity index (χ4v) is 5.15. The van der Waals surface area contributed by atoms with Crippen LogP contribution in [0.4, 0.5) is 0 Å². The van der Waals surface area contributed by atoms with Crippen LogP contribution in [-0.4, -0.2) is 35.8 Å². The summed E-state index contributed by atoms with van der Waals surface area (Å²) < 4.78 is 20.0. The number of benzene rings is 3. The van der Waals surface area contributed by atoms with Crippen LogP contribution in [0.1, 0.15) is 30.5 Å². The smallest absolute Gasteiger partial charge is 0.164 e. The molecule has 3 aromatic rings. The SMILES string of the molecule is CC1(C)O[C@@H](C=C(I)I)[C@@H](C(O)COC(c2ccccc2)(c2ccccc2)c2ccccc2)O1. The highest BCUT2D eigenvalue weighted by molar-refractivity contribution is 14.2. The van der Waals surface area contributed by atoms with Gasteiger partial charge in [0.25, 0.3) is 0 Å². The highest BCUT2D eigenvalue weighted by atomic mass is 127. The minimum atomic E-state index is -0.900. The molecule has 1 aliphatic heterocycles. The van der Waals surface area contributed by atoms with Crippen LogP contribution in [0.2, 0.25) is 0 Å². The molecule has 4 rings (SSSR count). The molecule has 0 radical (unpaired) electrons. The molecule has 1 N–H and O–H groups in total. The standard InChI is InChI=1S/C28H28I2O4/c1-27(2)33-24(18-25(29)30)26(34-27)23(31)19-32-28(20-12-6-3-7-13-20,21-14-8-4-9-15-21)22-16-10-5-11-17-22/h3-18,23-24,26,31H,19H2,1-2H3/t23?,24-,26+/m0/s1. The third-order valence-electron chi connectivity index (χ3n) is 5.84. The van der Waals surface area contributed by atoms with Gasteiger partial charge in [-0.1, -0.05) is 91.0 Å². The molecule has 0 amide bonds. The number of hydrogen-bond acceptors (Lipinski definition) is 4. The Morgan fingerprint density at radius 3 is 1.74 bits per heavy atom. The third kappa shape index (κ3) is 5.74. The van der Waals surface area contributed by atoms with Gasteiger partial charge in [-0.2, -0.15) is 0 Å². The zero-order chi connectivity index (χ0) is 24.2. The van der Waals surface area contributed by atoms with Crippen LogP contribution in [0.3, 0.4) is 0 Å². The Hall–Kier alpha value is -1.30. The van der Waals surface area contributed by atoms with E-state index in [1.807, 2.05) is 74.5 Å². The summed E-state index contributed by atoms with van der Waals surface area (Å²) in [5.41, 5.74) is 2.06. The van der Waals surface area contributed by atoms with E-state index in [-0.39, 0.29) is 12.7 Å². The van der Waals surface area contributed by atoms with Crippen molar-refractivity contribution in [3.05, 3.63) is 115 Å². The summed E-state index contributed by atoms with van der Waals surface area (Å²) in [5.74, 6) is -0.787. The zero-order valence-electron chi connectivity index (χ0n) is 19.1. The van der Waals surface area contributed by atoms with Gasteiger partial charge in [-0.25, -0.2) is 0 Å². The second-order valence-corrected chi connectivity index (χ2v) is 13.1. The highest BCUT2D eigenvalue weighted by Gasteiger charge is 2.45. The van der Waals surface area contributed by atoms with E-state index in [9.17, 15) is 5.11 Å². The number of ether oxygens (including phenoxy) is 3. The monoisotopic (exact) mass is 682 g/mol. The van der Waals surface area contributed by atoms with Crippen molar-refractivity contribution in [2.45, 2.75) is 43.5 Å². The minimum absolute atomic E-state index is 0.0605. The van der Waals surface area contributed by atoms with Gasteiger partial charge in [0.2, 0.25) is 0 Å². The van der Waals surface area contributed by atoms with Crippen LogP contribution in [-0.2, 0) is 19.8 Å². The summed E-state index contributed by atoms with van der Waals surface area (Å²) in [6.07, 6.45) is 0.167. The van der Waals surface area contributed by atoms with E-state index in [0.29, 0.717) is 0 Å². The van der Waals surface area contributed by atoms with E-state index < -0.39 is 23.6 Å². The lowest BCUT2D eigenvalue weighted by Gasteiger charge is -2.37. The molecule has 3 aromatic carbocycles. The Labute approximate surface area is 228 Å². The predicted octanol–water partition coefficient (Wildman–Crippen LogP) is 6.59. The summed E-state index contributed by atoms with van der Waals surface area (Å²) in [6, 6.07) is 30.4. The molecule has 0 saturated carbocycles. The van der Waals surface area contributed by atoms with Crippen molar-refractivity contribution in [1.29, 1.82) is 0 Å². The molecule has 0 spiro atoms. The van der Waals surface area contributed by atoms with Gasteiger partial charge < -0.3 is 19.3 Å². The van der Waals surface area contributed by atoms with Crippen molar-refractivity contribution in [2.75, 3.05) is 6.61 Å². The van der Waals surface area contributed by atoms with Crippen LogP contribution >= 0.6 is 45.2 Å². The van der Waals surface area contributed by atoms with Gasteiger partial charge in [0.15, 0.2) is 5.79 Å². The first-order valence-corrected chi connectivity index (χ1v) is 13.3. The summed E-state index contributed by atoms with van der Waals surface area (Å²) in [6.45, 7) is 3.79. The maximum Gasteiger partial charge on any atom is 0.164 e. The highest BCUT2D eigenvalue weighted by Crippen LogP contribution is 2.41.